The molecule has 14 heavy (non-hydrogen) atoms. The van der Waals surface area contributed by atoms with E-state index in [2.05, 4.69) is 5.32 Å². The average molecular weight is 195 g/mol. The van der Waals surface area contributed by atoms with Crippen LogP contribution in [0.4, 0.5) is 4.39 Å². The summed E-state index contributed by atoms with van der Waals surface area (Å²) < 4.78 is 18.3. The zero-order chi connectivity index (χ0) is 10.2. The second-order valence-electron chi connectivity index (χ2n) is 4.00. The molecule has 1 aromatic rings. The summed E-state index contributed by atoms with van der Waals surface area (Å²) in [5, 5.41) is 3.23. The molecular weight excluding hydrogens is 181 g/mol. The van der Waals surface area contributed by atoms with Gasteiger partial charge >= 0.3 is 0 Å². The van der Waals surface area contributed by atoms with E-state index in [0.717, 1.165) is 13.1 Å². The second-order valence-corrected chi connectivity index (χ2v) is 4.00. The number of fused-ring (bicyclic) bond motifs is 1. The zero-order valence-electron chi connectivity index (χ0n) is 8.43. The molecule has 2 nitrogen and oxygen atoms in total. The first-order valence-electron chi connectivity index (χ1n) is 4.75. The molecule has 0 saturated heterocycles. The third-order valence-corrected chi connectivity index (χ3v) is 2.17. The lowest BCUT2D eigenvalue weighted by Crippen LogP contribution is -2.21. The number of benzene rings is 1. The normalized spacial score (nSPS) is 15.4. The smallest absolute Gasteiger partial charge is 0.242 e. The van der Waals surface area contributed by atoms with E-state index in [0.29, 0.717) is 5.75 Å². The van der Waals surface area contributed by atoms with Gasteiger partial charge in [-0.05, 0) is 23.3 Å². The Labute approximate surface area is 83.1 Å². The number of alkyl halides is 1. The molecule has 0 unspecified atom stereocenters. The highest BCUT2D eigenvalue weighted by atomic mass is 19.2. The van der Waals surface area contributed by atoms with Gasteiger partial charge in [0.05, 0.1) is 0 Å². The minimum Gasteiger partial charge on any atom is -0.459 e. The number of ether oxygens (including phenoxy) is 1. The van der Waals surface area contributed by atoms with E-state index in [1.807, 2.05) is 18.2 Å². The summed E-state index contributed by atoms with van der Waals surface area (Å²) in [6.45, 7) is 4.55. The SMILES string of the molecule is CC(C)(F)Oc1ccc2c(c1)CNC2. The summed E-state index contributed by atoms with van der Waals surface area (Å²) in [4.78, 5) is 0. The predicted octanol–water partition coefficient (Wildman–Crippen LogP) is 2.37. The molecule has 0 radical (unpaired) electrons. The van der Waals surface area contributed by atoms with Crippen molar-refractivity contribution in [1.82, 2.24) is 5.32 Å². The Hall–Kier alpha value is -1.09. The average Bonchev–Trinajstić information content (AvgIpc) is 2.47. The quantitative estimate of drug-likeness (QED) is 0.782. The van der Waals surface area contributed by atoms with Crippen LogP contribution >= 0.6 is 0 Å². The molecule has 0 saturated carbocycles. The van der Waals surface area contributed by atoms with Gasteiger partial charge in [-0.2, -0.15) is 4.39 Å². The first-order chi connectivity index (χ1) is 6.54. The predicted molar refractivity (Wildman–Crippen MR) is 52.8 cm³/mol. The summed E-state index contributed by atoms with van der Waals surface area (Å²) >= 11 is 0. The van der Waals surface area contributed by atoms with Gasteiger partial charge in [-0.3, -0.25) is 0 Å². The number of nitrogens with one attached hydrogen (secondary N) is 1. The van der Waals surface area contributed by atoms with Crippen LogP contribution in [0.2, 0.25) is 0 Å². The highest BCUT2D eigenvalue weighted by Crippen LogP contribution is 2.24. The summed E-state index contributed by atoms with van der Waals surface area (Å²) in [5.41, 5.74) is 2.47. The maximum Gasteiger partial charge on any atom is 0.242 e. The van der Waals surface area contributed by atoms with E-state index in [1.54, 1.807) is 0 Å². The largest absolute Gasteiger partial charge is 0.459 e. The summed E-state index contributed by atoms with van der Waals surface area (Å²) in [6.07, 6.45) is 0. The van der Waals surface area contributed by atoms with Crippen molar-refractivity contribution in [3.05, 3.63) is 29.3 Å². The molecule has 1 aliphatic heterocycles. The van der Waals surface area contributed by atoms with Gasteiger partial charge in [0.2, 0.25) is 5.85 Å². The van der Waals surface area contributed by atoms with Gasteiger partial charge in [0.1, 0.15) is 5.75 Å². The van der Waals surface area contributed by atoms with Crippen LogP contribution in [0.1, 0.15) is 25.0 Å². The number of hydrogen-bond donors (Lipinski definition) is 1. The Balaban J connectivity index is 2.21. The monoisotopic (exact) mass is 195 g/mol. The molecule has 0 aliphatic carbocycles. The van der Waals surface area contributed by atoms with Crippen molar-refractivity contribution in [3.63, 3.8) is 0 Å². The van der Waals surface area contributed by atoms with Crippen molar-refractivity contribution < 1.29 is 9.13 Å². The summed E-state index contributed by atoms with van der Waals surface area (Å²) in [7, 11) is 0. The fourth-order valence-electron chi connectivity index (χ4n) is 1.61. The molecule has 0 bridgehead atoms. The van der Waals surface area contributed by atoms with Crippen molar-refractivity contribution in [3.8, 4) is 5.75 Å². The Morgan fingerprint density at radius 2 is 2.00 bits per heavy atom. The van der Waals surface area contributed by atoms with Crippen LogP contribution in [0.3, 0.4) is 0 Å². The van der Waals surface area contributed by atoms with Gasteiger partial charge < -0.3 is 10.1 Å². The molecule has 0 spiro atoms. The van der Waals surface area contributed by atoms with E-state index in [4.69, 9.17) is 4.74 Å². The van der Waals surface area contributed by atoms with Crippen LogP contribution in [0, 0.1) is 0 Å². The number of rotatable bonds is 2. The highest BCUT2D eigenvalue weighted by Gasteiger charge is 2.18. The van der Waals surface area contributed by atoms with Crippen molar-refractivity contribution in [2.45, 2.75) is 32.8 Å². The van der Waals surface area contributed by atoms with Crippen LogP contribution in [0.5, 0.6) is 5.75 Å². The molecule has 76 valence electrons. The molecule has 1 N–H and O–H groups in total. The Bertz CT molecular complexity index is 344. The van der Waals surface area contributed by atoms with Crippen LogP contribution in [0.15, 0.2) is 18.2 Å². The number of halogens is 1. The fourth-order valence-corrected chi connectivity index (χ4v) is 1.61. The van der Waals surface area contributed by atoms with Gasteiger partial charge in [-0.25, -0.2) is 0 Å². The fraction of sp³-hybridized carbons (Fsp3) is 0.455. The van der Waals surface area contributed by atoms with Gasteiger partial charge in [0.15, 0.2) is 0 Å². The minimum absolute atomic E-state index is 0.597. The Morgan fingerprint density at radius 1 is 1.29 bits per heavy atom. The van der Waals surface area contributed by atoms with E-state index in [9.17, 15) is 4.39 Å². The highest BCUT2D eigenvalue weighted by molar-refractivity contribution is 5.37. The molecule has 0 amide bonds. The van der Waals surface area contributed by atoms with Crippen molar-refractivity contribution in [2.24, 2.45) is 0 Å². The van der Waals surface area contributed by atoms with Crippen LogP contribution in [0.25, 0.3) is 0 Å². The van der Waals surface area contributed by atoms with E-state index < -0.39 is 5.85 Å². The second kappa shape index (κ2) is 3.24. The third kappa shape index (κ3) is 2.04. The number of hydrogen-bond acceptors (Lipinski definition) is 2. The third-order valence-electron chi connectivity index (χ3n) is 2.17. The molecule has 2 rings (SSSR count). The molecule has 1 heterocycles. The van der Waals surface area contributed by atoms with E-state index in [-0.39, 0.29) is 0 Å². The maximum atomic E-state index is 13.2. The van der Waals surface area contributed by atoms with Gasteiger partial charge in [0, 0.05) is 26.9 Å². The first kappa shape index (κ1) is 9.46. The van der Waals surface area contributed by atoms with Crippen molar-refractivity contribution in [1.29, 1.82) is 0 Å². The zero-order valence-corrected chi connectivity index (χ0v) is 8.43. The van der Waals surface area contributed by atoms with Gasteiger partial charge in [0.25, 0.3) is 0 Å². The van der Waals surface area contributed by atoms with Crippen molar-refractivity contribution >= 4 is 0 Å². The molecule has 0 fully saturated rings. The lowest BCUT2D eigenvalue weighted by molar-refractivity contribution is -0.0257. The maximum absolute atomic E-state index is 13.2. The molecule has 0 aromatic heterocycles. The lowest BCUT2D eigenvalue weighted by Gasteiger charge is -2.17. The molecule has 0 atom stereocenters. The van der Waals surface area contributed by atoms with Crippen LogP contribution in [-0.4, -0.2) is 5.85 Å². The molecule has 3 heteroatoms. The van der Waals surface area contributed by atoms with Gasteiger partial charge in [-0.15, -0.1) is 0 Å². The van der Waals surface area contributed by atoms with E-state index in [1.165, 1.54) is 25.0 Å². The van der Waals surface area contributed by atoms with Crippen molar-refractivity contribution in [2.75, 3.05) is 0 Å². The van der Waals surface area contributed by atoms with Crippen LogP contribution in [-0.2, 0) is 13.1 Å². The molecular formula is C11H14FNO. The Morgan fingerprint density at radius 3 is 2.71 bits per heavy atom. The summed E-state index contributed by atoms with van der Waals surface area (Å²) in [6, 6.07) is 5.69. The Kier molecular flexibility index (Phi) is 2.19. The minimum atomic E-state index is -1.61. The standard InChI is InChI=1S/C11H14FNO/c1-11(2,12)14-10-4-3-8-6-13-7-9(8)5-10/h3-5,13H,6-7H2,1-2H3. The van der Waals surface area contributed by atoms with E-state index >= 15 is 0 Å². The topological polar surface area (TPSA) is 21.3 Å². The molecule has 1 aliphatic rings. The first-order valence-corrected chi connectivity index (χ1v) is 4.75. The lowest BCUT2D eigenvalue weighted by atomic mass is 10.1. The van der Waals surface area contributed by atoms with Crippen LogP contribution < -0.4 is 10.1 Å². The summed E-state index contributed by atoms with van der Waals surface area (Å²) in [5.74, 6) is -1.01. The molecule has 1 aromatic carbocycles. The van der Waals surface area contributed by atoms with Gasteiger partial charge in [-0.1, -0.05) is 6.07 Å².